The van der Waals surface area contributed by atoms with Gasteiger partial charge in [-0.15, -0.1) is 0 Å². The lowest BCUT2D eigenvalue weighted by Gasteiger charge is -2.01. The molecule has 3 aromatic rings. The highest BCUT2D eigenvalue weighted by Crippen LogP contribution is 2.37. The number of fused-ring (bicyclic) bond motifs is 3. The number of aryl methyl sites for hydroxylation is 1. The average Bonchev–Trinajstić information content (AvgIpc) is 2.78. The van der Waals surface area contributed by atoms with Crippen molar-refractivity contribution in [2.24, 2.45) is 0 Å². The number of hydrogen-bond acceptors (Lipinski definition) is 3. The molecule has 0 aliphatic carbocycles. The third-order valence-corrected chi connectivity index (χ3v) is 3.44. The van der Waals surface area contributed by atoms with Gasteiger partial charge in [-0.2, -0.15) is 0 Å². The van der Waals surface area contributed by atoms with Crippen molar-refractivity contribution in [3.05, 3.63) is 41.7 Å². The Kier molecular flexibility index (Phi) is 2.86. The van der Waals surface area contributed by atoms with Crippen LogP contribution in [0.15, 0.2) is 34.7 Å². The Labute approximate surface area is 115 Å². The molecule has 1 aromatic heterocycles. The first-order valence-corrected chi connectivity index (χ1v) is 6.52. The van der Waals surface area contributed by atoms with Gasteiger partial charge in [0.15, 0.2) is 0 Å². The molecule has 0 aliphatic heterocycles. The van der Waals surface area contributed by atoms with Gasteiger partial charge in [0.05, 0.1) is 0 Å². The Morgan fingerprint density at radius 3 is 2.55 bits per heavy atom. The molecule has 20 heavy (non-hydrogen) atoms. The van der Waals surface area contributed by atoms with Gasteiger partial charge in [0.25, 0.3) is 0 Å². The normalized spacial score (nSPS) is 11.2. The van der Waals surface area contributed by atoms with Crippen molar-refractivity contribution in [3.63, 3.8) is 0 Å². The van der Waals surface area contributed by atoms with E-state index in [2.05, 4.69) is 0 Å². The predicted octanol–water partition coefficient (Wildman–Crippen LogP) is 3.94. The lowest BCUT2D eigenvalue weighted by atomic mass is 10.0. The van der Waals surface area contributed by atoms with Crippen molar-refractivity contribution < 1.29 is 19.4 Å². The van der Waals surface area contributed by atoms with E-state index in [1.165, 1.54) is 6.07 Å². The molecule has 0 saturated heterocycles. The molecule has 4 nitrogen and oxygen atoms in total. The molecule has 4 heteroatoms. The number of aromatic hydroxyl groups is 1. The third kappa shape index (κ3) is 1.72. The fraction of sp³-hybridized carbons (Fsp3) is 0.188. The van der Waals surface area contributed by atoms with E-state index in [0.717, 1.165) is 11.8 Å². The second kappa shape index (κ2) is 4.56. The summed E-state index contributed by atoms with van der Waals surface area (Å²) in [6.45, 7) is 1.97. The standard InChI is InChI=1S/C16H14O4/c1-2-5-13-14(16(18)19)11-8-12(17)9-6-3-4-7-10(9)15(11)20-13/h3-4,6-8,17H,2,5H2,1H3,(H,18,19). The first-order valence-electron chi connectivity index (χ1n) is 6.52. The molecule has 0 radical (unpaired) electrons. The van der Waals surface area contributed by atoms with Crippen molar-refractivity contribution in [2.75, 3.05) is 0 Å². The maximum absolute atomic E-state index is 11.5. The zero-order valence-corrected chi connectivity index (χ0v) is 11.0. The third-order valence-electron chi connectivity index (χ3n) is 3.44. The maximum atomic E-state index is 11.5. The van der Waals surface area contributed by atoms with Crippen LogP contribution < -0.4 is 0 Å². The molecule has 0 aliphatic rings. The molecule has 0 saturated carbocycles. The van der Waals surface area contributed by atoms with Crippen LogP contribution in [-0.4, -0.2) is 16.2 Å². The van der Waals surface area contributed by atoms with E-state index in [0.29, 0.717) is 28.5 Å². The Morgan fingerprint density at radius 1 is 1.20 bits per heavy atom. The first kappa shape index (κ1) is 12.5. The topological polar surface area (TPSA) is 70.7 Å². The van der Waals surface area contributed by atoms with Crippen molar-refractivity contribution in [1.29, 1.82) is 0 Å². The van der Waals surface area contributed by atoms with Crippen LogP contribution in [0.4, 0.5) is 0 Å². The lowest BCUT2D eigenvalue weighted by Crippen LogP contribution is -1.99. The Hall–Kier alpha value is -2.49. The van der Waals surface area contributed by atoms with Gasteiger partial charge in [0.2, 0.25) is 0 Å². The molecule has 1 heterocycles. The Bertz CT molecular complexity index is 814. The smallest absolute Gasteiger partial charge is 0.339 e. The number of benzene rings is 2. The van der Waals surface area contributed by atoms with Crippen LogP contribution in [0, 0.1) is 0 Å². The van der Waals surface area contributed by atoms with Crippen LogP contribution >= 0.6 is 0 Å². The summed E-state index contributed by atoms with van der Waals surface area (Å²) in [7, 11) is 0. The van der Waals surface area contributed by atoms with Gasteiger partial charge >= 0.3 is 5.97 Å². The molecule has 0 amide bonds. The number of carboxylic acid groups (broad SMARTS) is 1. The van der Waals surface area contributed by atoms with Crippen LogP contribution in [0.2, 0.25) is 0 Å². The summed E-state index contributed by atoms with van der Waals surface area (Å²) in [6.07, 6.45) is 1.36. The lowest BCUT2D eigenvalue weighted by molar-refractivity contribution is 0.0696. The summed E-state index contributed by atoms with van der Waals surface area (Å²) in [5.74, 6) is -0.493. The van der Waals surface area contributed by atoms with Gasteiger partial charge in [0, 0.05) is 22.6 Å². The van der Waals surface area contributed by atoms with Gasteiger partial charge < -0.3 is 14.6 Å². The molecule has 2 aromatic carbocycles. The summed E-state index contributed by atoms with van der Waals surface area (Å²) < 4.78 is 5.78. The highest BCUT2D eigenvalue weighted by atomic mass is 16.4. The van der Waals surface area contributed by atoms with Crippen LogP contribution in [0.1, 0.15) is 29.5 Å². The molecule has 102 valence electrons. The van der Waals surface area contributed by atoms with E-state index in [4.69, 9.17) is 4.42 Å². The number of phenolic OH excluding ortho intramolecular Hbond substituents is 1. The maximum Gasteiger partial charge on any atom is 0.339 e. The molecule has 0 spiro atoms. The number of carboxylic acids is 1. The fourth-order valence-corrected chi connectivity index (χ4v) is 2.59. The van der Waals surface area contributed by atoms with Crippen molar-refractivity contribution in [1.82, 2.24) is 0 Å². The molecule has 0 bridgehead atoms. The minimum atomic E-state index is -1.03. The molecular formula is C16H14O4. The summed E-state index contributed by atoms with van der Waals surface area (Å²) in [4.78, 5) is 11.5. The average molecular weight is 270 g/mol. The zero-order valence-electron chi connectivity index (χ0n) is 11.0. The summed E-state index contributed by atoms with van der Waals surface area (Å²) >= 11 is 0. The van der Waals surface area contributed by atoms with Crippen LogP contribution in [0.5, 0.6) is 5.75 Å². The van der Waals surface area contributed by atoms with E-state index in [1.54, 1.807) is 6.07 Å². The number of furan rings is 1. The Balaban J connectivity index is 2.47. The monoisotopic (exact) mass is 270 g/mol. The fourth-order valence-electron chi connectivity index (χ4n) is 2.59. The van der Waals surface area contributed by atoms with Crippen molar-refractivity contribution >= 4 is 27.7 Å². The highest BCUT2D eigenvalue weighted by molar-refractivity contribution is 6.14. The molecule has 3 rings (SSSR count). The van der Waals surface area contributed by atoms with Crippen LogP contribution in [-0.2, 0) is 6.42 Å². The molecule has 0 unspecified atom stereocenters. The second-order valence-corrected chi connectivity index (χ2v) is 4.77. The molecular weight excluding hydrogens is 256 g/mol. The summed E-state index contributed by atoms with van der Waals surface area (Å²) in [6, 6.07) is 8.74. The quantitative estimate of drug-likeness (QED) is 0.756. The minimum Gasteiger partial charge on any atom is -0.507 e. The Morgan fingerprint density at radius 2 is 1.90 bits per heavy atom. The number of phenols is 1. The van der Waals surface area contributed by atoms with Crippen LogP contribution in [0.3, 0.4) is 0 Å². The van der Waals surface area contributed by atoms with E-state index in [1.807, 2.05) is 25.1 Å². The van der Waals surface area contributed by atoms with E-state index < -0.39 is 5.97 Å². The van der Waals surface area contributed by atoms with Crippen LogP contribution in [0.25, 0.3) is 21.7 Å². The van der Waals surface area contributed by atoms with Gasteiger partial charge in [-0.05, 0) is 12.5 Å². The van der Waals surface area contributed by atoms with Gasteiger partial charge in [-0.25, -0.2) is 4.79 Å². The number of hydrogen-bond donors (Lipinski definition) is 2. The molecule has 0 fully saturated rings. The van der Waals surface area contributed by atoms with Gasteiger partial charge in [-0.1, -0.05) is 31.2 Å². The first-order chi connectivity index (χ1) is 9.63. The van der Waals surface area contributed by atoms with E-state index in [9.17, 15) is 15.0 Å². The summed E-state index contributed by atoms with van der Waals surface area (Å²) in [5.41, 5.74) is 0.683. The van der Waals surface area contributed by atoms with Gasteiger partial charge in [0.1, 0.15) is 22.7 Å². The van der Waals surface area contributed by atoms with E-state index >= 15 is 0 Å². The molecule has 0 atom stereocenters. The molecule has 2 N–H and O–H groups in total. The van der Waals surface area contributed by atoms with Gasteiger partial charge in [-0.3, -0.25) is 0 Å². The SMILES string of the molecule is CCCc1oc2c(cc(O)c3ccccc32)c1C(=O)O. The number of carbonyl (C=O) groups is 1. The summed E-state index contributed by atoms with van der Waals surface area (Å²) in [5, 5.41) is 21.3. The zero-order chi connectivity index (χ0) is 14.3. The minimum absolute atomic E-state index is 0.0689. The number of rotatable bonds is 3. The number of aromatic carboxylic acids is 1. The largest absolute Gasteiger partial charge is 0.507 e. The van der Waals surface area contributed by atoms with Crippen molar-refractivity contribution in [2.45, 2.75) is 19.8 Å². The highest BCUT2D eigenvalue weighted by Gasteiger charge is 2.22. The van der Waals surface area contributed by atoms with Crippen molar-refractivity contribution in [3.8, 4) is 5.75 Å². The predicted molar refractivity (Wildman–Crippen MR) is 76.3 cm³/mol. The second-order valence-electron chi connectivity index (χ2n) is 4.77. The van der Waals surface area contributed by atoms with E-state index in [-0.39, 0.29) is 11.3 Å².